The molecular weight excluding hydrogens is 250 g/mol. The summed E-state index contributed by atoms with van der Waals surface area (Å²) in [6.07, 6.45) is -0.635. The molecule has 1 aromatic rings. The molecular formula is C12H15N3O4. The second kappa shape index (κ2) is 5.23. The topological polar surface area (TPSA) is 98.7 Å². The first kappa shape index (κ1) is 13.3. The maximum Gasteiger partial charge on any atom is 0.272 e. The molecule has 102 valence electrons. The van der Waals surface area contributed by atoms with E-state index in [2.05, 4.69) is 0 Å². The van der Waals surface area contributed by atoms with Crippen molar-refractivity contribution in [3.8, 4) is 0 Å². The number of carbonyl (C=O) groups excluding carboxylic acids is 1. The number of nitro benzene ring substituents is 1. The van der Waals surface area contributed by atoms with Crippen LogP contribution < -0.4 is 10.6 Å². The van der Waals surface area contributed by atoms with Gasteiger partial charge in [-0.2, -0.15) is 0 Å². The first-order valence-electron chi connectivity index (χ1n) is 5.90. The summed E-state index contributed by atoms with van der Waals surface area (Å²) >= 11 is 0. The predicted molar refractivity (Wildman–Crippen MR) is 69.0 cm³/mol. The molecule has 0 aromatic heterocycles. The van der Waals surface area contributed by atoms with Crippen LogP contribution in [0.15, 0.2) is 18.2 Å². The van der Waals surface area contributed by atoms with Crippen LogP contribution in [0.5, 0.6) is 0 Å². The third-order valence-electron chi connectivity index (χ3n) is 3.13. The van der Waals surface area contributed by atoms with E-state index in [1.807, 2.05) is 4.90 Å². The van der Waals surface area contributed by atoms with E-state index >= 15 is 0 Å². The first-order chi connectivity index (χ1) is 8.99. The molecule has 0 aliphatic carbocycles. The lowest BCUT2D eigenvalue weighted by atomic mass is 10.1. The fourth-order valence-corrected chi connectivity index (χ4v) is 2.10. The third-order valence-corrected chi connectivity index (χ3v) is 3.13. The highest BCUT2D eigenvalue weighted by Crippen LogP contribution is 2.25. The number of amides is 1. The number of rotatable bonds is 3. The molecule has 2 N–H and O–H groups in total. The monoisotopic (exact) mass is 265 g/mol. The lowest BCUT2D eigenvalue weighted by molar-refractivity contribution is -0.385. The number of ether oxygens (including phenoxy) is 1. The van der Waals surface area contributed by atoms with Crippen LogP contribution in [-0.2, 0) is 9.53 Å². The first-order valence-corrected chi connectivity index (χ1v) is 5.90. The average Bonchev–Trinajstić information content (AvgIpc) is 2.38. The van der Waals surface area contributed by atoms with Crippen molar-refractivity contribution in [1.29, 1.82) is 0 Å². The normalized spacial score (nSPS) is 19.2. The van der Waals surface area contributed by atoms with E-state index in [-0.39, 0.29) is 5.69 Å². The molecule has 1 saturated heterocycles. The average molecular weight is 265 g/mol. The number of nitrogens with two attached hydrogens (primary N) is 1. The third kappa shape index (κ3) is 2.82. The van der Waals surface area contributed by atoms with Crippen molar-refractivity contribution in [3.05, 3.63) is 33.9 Å². The fourth-order valence-electron chi connectivity index (χ4n) is 2.10. The van der Waals surface area contributed by atoms with Crippen molar-refractivity contribution in [1.82, 2.24) is 0 Å². The Balaban J connectivity index is 2.20. The summed E-state index contributed by atoms with van der Waals surface area (Å²) in [5.74, 6) is -0.497. The van der Waals surface area contributed by atoms with E-state index in [0.29, 0.717) is 25.3 Å². The number of benzene rings is 1. The molecule has 2 rings (SSSR count). The van der Waals surface area contributed by atoms with Crippen molar-refractivity contribution in [2.75, 3.05) is 24.6 Å². The van der Waals surface area contributed by atoms with Crippen LogP contribution in [0, 0.1) is 17.0 Å². The summed E-state index contributed by atoms with van der Waals surface area (Å²) in [5.41, 5.74) is 6.73. The van der Waals surface area contributed by atoms with E-state index < -0.39 is 16.9 Å². The van der Waals surface area contributed by atoms with Crippen LogP contribution in [0.2, 0.25) is 0 Å². The second-order valence-electron chi connectivity index (χ2n) is 4.44. The number of aryl methyl sites for hydroxylation is 1. The van der Waals surface area contributed by atoms with Crippen molar-refractivity contribution in [2.45, 2.75) is 13.0 Å². The van der Waals surface area contributed by atoms with Gasteiger partial charge in [-0.05, 0) is 19.1 Å². The van der Waals surface area contributed by atoms with Crippen LogP contribution in [-0.4, -0.2) is 36.6 Å². The standard InChI is InChI=1S/C12H15N3O4/c1-8-6-9(2-3-10(8)15(17)18)14-4-5-19-11(7-14)12(13)16/h2-3,6,11H,4-5,7H2,1H3,(H2,13,16). The van der Waals surface area contributed by atoms with Gasteiger partial charge in [-0.15, -0.1) is 0 Å². The number of primary amides is 1. The zero-order chi connectivity index (χ0) is 14.0. The minimum Gasteiger partial charge on any atom is -0.367 e. The smallest absolute Gasteiger partial charge is 0.272 e. The van der Waals surface area contributed by atoms with E-state index in [1.54, 1.807) is 19.1 Å². The van der Waals surface area contributed by atoms with Gasteiger partial charge in [0, 0.05) is 23.9 Å². The molecule has 1 unspecified atom stereocenters. The molecule has 1 atom stereocenters. The molecule has 0 saturated carbocycles. The molecule has 1 aliphatic rings. The summed E-state index contributed by atoms with van der Waals surface area (Å²) in [6.45, 7) is 3.09. The Morgan fingerprint density at radius 2 is 2.32 bits per heavy atom. The number of morpholine rings is 1. The van der Waals surface area contributed by atoms with Crippen LogP contribution in [0.4, 0.5) is 11.4 Å². The summed E-state index contributed by atoms with van der Waals surface area (Å²) in [6, 6.07) is 4.88. The van der Waals surface area contributed by atoms with Gasteiger partial charge in [0.1, 0.15) is 0 Å². The van der Waals surface area contributed by atoms with Gasteiger partial charge in [0.2, 0.25) is 5.91 Å². The summed E-state index contributed by atoms with van der Waals surface area (Å²) in [4.78, 5) is 23.4. The Kier molecular flexibility index (Phi) is 3.66. The minimum atomic E-state index is -0.635. The highest BCUT2D eigenvalue weighted by Gasteiger charge is 2.25. The molecule has 1 fully saturated rings. The molecule has 7 nitrogen and oxygen atoms in total. The Morgan fingerprint density at radius 3 is 2.89 bits per heavy atom. The molecule has 0 spiro atoms. The van der Waals surface area contributed by atoms with Gasteiger partial charge in [-0.25, -0.2) is 0 Å². The van der Waals surface area contributed by atoms with Crippen LogP contribution in [0.3, 0.4) is 0 Å². The van der Waals surface area contributed by atoms with Crippen LogP contribution in [0.25, 0.3) is 0 Å². The molecule has 1 aromatic carbocycles. The molecule has 1 aliphatic heterocycles. The lowest BCUT2D eigenvalue weighted by Crippen LogP contribution is -2.48. The van der Waals surface area contributed by atoms with Crippen molar-refractivity contribution in [3.63, 3.8) is 0 Å². The summed E-state index contributed by atoms with van der Waals surface area (Å²) in [5, 5.41) is 10.8. The van der Waals surface area contributed by atoms with Crippen molar-refractivity contribution in [2.24, 2.45) is 5.73 Å². The zero-order valence-corrected chi connectivity index (χ0v) is 10.5. The minimum absolute atomic E-state index is 0.0865. The van der Waals surface area contributed by atoms with Gasteiger partial charge in [-0.1, -0.05) is 0 Å². The summed E-state index contributed by atoms with van der Waals surface area (Å²) < 4.78 is 5.26. The van der Waals surface area contributed by atoms with Crippen molar-refractivity contribution < 1.29 is 14.5 Å². The number of anilines is 1. The molecule has 0 radical (unpaired) electrons. The van der Waals surface area contributed by atoms with Gasteiger partial charge in [-0.3, -0.25) is 14.9 Å². The molecule has 19 heavy (non-hydrogen) atoms. The Hall–Kier alpha value is -2.15. The number of carbonyl (C=O) groups is 1. The van der Waals surface area contributed by atoms with E-state index in [1.165, 1.54) is 6.07 Å². The maximum atomic E-state index is 11.1. The Morgan fingerprint density at radius 1 is 1.58 bits per heavy atom. The number of hydrogen-bond donors (Lipinski definition) is 1. The van der Waals surface area contributed by atoms with E-state index in [4.69, 9.17) is 10.5 Å². The second-order valence-corrected chi connectivity index (χ2v) is 4.44. The number of nitrogens with zero attached hydrogens (tertiary/aromatic N) is 2. The highest BCUT2D eigenvalue weighted by atomic mass is 16.6. The van der Waals surface area contributed by atoms with Gasteiger partial charge in [0.25, 0.3) is 5.69 Å². The van der Waals surface area contributed by atoms with Gasteiger partial charge in [0.15, 0.2) is 6.10 Å². The Bertz CT molecular complexity index is 518. The van der Waals surface area contributed by atoms with Gasteiger partial charge < -0.3 is 15.4 Å². The molecule has 1 heterocycles. The van der Waals surface area contributed by atoms with Crippen molar-refractivity contribution >= 4 is 17.3 Å². The lowest BCUT2D eigenvalue weighted by Gasteiger charge is -2.33. The quantitative estimate of drug-likeness (QED) is 0.637. The highest BCUT2D eigenvalue weighted by molar-refractivity contribution is 5.80. The van der Waals surface area contributed by atoms with Gasteiger partial charge in [0.05, 0.1) is 18.1 Å². The largest absolute Gasteiger partial charge is 0.367 e. The van der Waals surface area contributed by atoms with Gasteiger partial charge >= 0.3 is 0 Å². The van der Waals surface area contributed by atoms with Crippen LogP contribution >= 0.6 is 0 Å². The SMILES string of the molecule is Cc1cc(N2CCOC(C(N)=O)C2)ccc1[N+](=O)[O-]. The Labute approximate surface area is 110 Å². The molecule has 7 heteroatoms. The predicted octanol–water partition coefficient (Wildman–Crippen LogP) is 0.594. The zero-order valence-electron chi connectivity index (χ0n) is 10.5. The maximum absolute atomic E-state index is 11.1. The summed E-state index contributed by atoms with van der Waals surface area (Å²) in [7, 11) is 0. The number of hydrogen-bond acceptors (Lipinski definition) is 5. The van der Waals surface area contributed by atoms with E-state index in [9.17, 15) is 14.9 Å². The van der Waals surface area contributed by atoms with Crippen LogP contribution in [0.1, 0.15) is 5.56 Å². The van der Waals surface area contributed by atoms with E-state index in [0.717, 1.165) is 5.69 Å². The fraction of sp³-hybridized carbons (Fsp3) is 0.417. The molecule has 0 bridgehead atoms. The number of nitro groups is 1. The molecule has 1 amide bonds.